The second-order valence-electron chi connectivity index (χ2n) is 8.03. The number of carbonyl (C=O) groups is 3. The van der Waals surface area contributed by atoms with Gasteiger partial charge in [-0.15, -0.1) is 23.1 Å². The number of hydrogen-bond donors (Lipinski definition) is 3. The molecule has 0 spiro atoms. The van der Waals surface area contributed by atoms with Crippen molar-refractivity contribution in [3.63, 3.8) is 0 Å². The lowest BCUT2D eigenvalue weighted by atomic mass is 10.0. The number of carboxylic acid groups (broad SMARTS) is 1. The molecular formula is C23H19N5O7S3. The molecule has 196 valence electrons. The number of fused-ring (bicyclic) bond motifs is 2. The normalized spacial score (nSPS) is 19.2. The maximum absolute atomic E-state index is 13.0. The van der Waals surface area contributed by atoms with Crippen LogP contribution in [0.4, 0.5) is 5.13 Å². The summed E-state index contributed by atoms with van der Waals surface area (Å²) in [5, 5.41) is 18.2. The number of para-hydroxylation sites is 1. The number of amides is 2. The number of rotatable bonds is 8. The zero-order chi connectivity index (χ0) is 27.0. The van der Waals surface area contributed by atoms with Crippen molar-refractivity contribution < 1.29 is 28.7 Å². The van der Waals surface area contributed by atoms with Crippen molar-refractivity contribution in [2.45, 2.75) is 16.5 Å². The Morgan fingerprint density at radius 1 is 1.37 bits per heavy atom. The largest absolute Gasteiger partial charge is 0.477 e. The Morgan fingerprint density at radius 3 is 2.87 bits per heavy atom. The van der Waals surface area contributed by atoms with Crippen molar-refractivity contribution in [2.24, 2.45) is 5.16 Å². The van der Waals surface area contributed by atoms with Crippen LogP contribution in [0.1, 0.15) is 5.69 Å². The Labute approximate surface area is 226 Å². The summed E-state index contributed by atoms with van der Waals surface area (Å²) >= 11 is 3.61. The van der Waals surface area contributed by atoms with Crippen molar-refractivity contribution in [3.05, 3.63) is 62.9 Å². The minimum absolute atomic E-state index is 0.141. The molecular weight excluding hydrogens is 554 g/mol. The summed E-state index contributed by atoms with van der Waals surface area (Å²) in [7, 11) is 1.27. The van der Waals surface area contributed by atoms with Gasteiger partial charge in [0.05, 0.1) is 5.39 Å². The SMILES string of the molecule is CO/N=C(\C(=O)N[C@@H]1C(=O)N2C(C(=O)O)=C(CSc3cc(=O)c4ccccc4o3)CS[C@H]12)c1csc(N)n1. The number of carboxylic acids is 1. The van der Waals surface area contributed by atoms with Crippen LogP contribution in [0.2, 0.25) is 0 Å². The first-order valence-electron chi connectivity index (χ1n) is 11.0. The first kappa shape index (κ1) is 25.8. The van der Waals surface area contributed by atoms with Gasteiger partial charge < -0.3 is 25.4 Å². The molecule has 0 bridgehead atoms. The lowest BCUT2D eigenvalue weighted by Gasteiger charge is -2.49. The number of anilines is 1. The number of nitrogens with one attached hydrogen (secondary N) is 1. The zero-order valence-corrected chi connectivity index (χ0v) is 22.0. The first-order chi connectivity index (χ1) is 18.3. The number of nitrogens with zero attached hydrogens (tertiary/aromatic N) is 3. The standard InChI is InChI=1S/C23H19N5O7S3/c1-34-27-16(12-9-38-23(24)25-12)19(30)26-17-20(31)28-18(22(32)33)10(8-37-21(17)28)7-36-15-6-13(29)11-4-2-3-5-14(11)35-15/h2-6,9,17,21H,7-8H2,1H3,(H2,24,25)(H,26,30)(H,32,33)/b27-16-/t17-,21-/m1/s1. The van der Waals surface area contributed by atoms with Crippen molar-refractivity contribution >= 4 is 74.5 Å². The van der Waals surface area contributed by atoms with Gasteiger partial charge in [0, 0.05) is 23.0 Å². The van der Waals surface area contributed by atoms with Crippen molar-refractivity contribution in [3.8, 4) is 0 Å². The van der Waals surface area contributed by atoms with E-state index >= 15 is 0 Å². The summed E-state index contributed by atoms with van der Waals surface area (Å²) in [5.41, 5.74) is 6.27. The number of β-lactam (4-membered cyclic amide) rings is 1. The summed E-state index contributed by atoms with van der Waals surface area (Å²) in [4.78, 5) is 60.4. The van der Waals surface area contributed by atoms with Gasteiger partial charge in [-0.1, -0.05) is 29.1 Å². The number of nitrogens with two attached hydrogens (primary N) is 1. The molecule has 0 aliphatic carbocycles. The number of hydrogen-bond acceptors (Lipinski definition) is 12. The highest BCUT2D eigenvalue weighted by atomic mass is 32.2. The Morgan fingerprint density at radius 2 is 2.16 bits per heavy atom. The Kier molecular flexibility index (Phi) is 7.14. The van der Waals surface area contributed by atoms with Crippen LogP contribution >= 0.6 is 34.9 Å². The smallest absolute Gasteiger partial charge is 0.352 e. The highest BCUT2D eigenvalue weighted by Gasteiger charge is 2.54. The van der Waals surface area contributed by atoms with E-state index in [-0.39, 0.29) is 33.4 Å². The highest BCUT2D eigenvalue weighted by Crippen LogP contribution is 2.41. The number of benzene rings is 1. The van der Waals surface area contributed by atoms with E-state index < -0.39 is 29.2 Å². The van der Waals surface area contributed by atoms with Gasteiger partial charge in [0.15, 0.2) is 21.4 Å². The molecule has 2 aliphatic heterocycles. The molecule has 2 aliphatic rings. The number of oxime groups is 1. The fourth-order valence-corrected chi connectivity index (χ4v) is 6.92. The van der Waals surface area contributed by atoms with Crippen molar-refractivity contribution in [1.29, 1.82) is 0 Å². The van der Waals surface area contributed by atoms with Gasteiger partial charge in [-0.25, -0.2) is 9.78 Å². The van der Waals surface area contributed by atoms with Crippen LogP contribution in [0, 0.1) is 0 Å². The first-order valence-corrected chi connectivity index (χ1v) is 13.9. The van der Waals surface area contributed by atoms with E-state index in [1.807, 2.05) is 0 Å². The van der Waals surface area contributed by atoms with Gasteiger partial charge in [0.1, 0.15) is 35.5 Å². The van der Waals surface area contributed by atoms with Gasteiger partial charge in [-0.3, -0.25) is 19.3 Å². The molecule has 0 unspecified atom stereocenters. The number of aliphatic carboxylic acids is 1. The van der Waals surface area contributed by atoms with Crippen molar-refractivity contribution in [1.82, 2.24) is 15.2 Å². The summed E-state index contributed by atoms with van der Waals surface area (Å²) < 4.78 is 5.78. The minimum atomic E-state index is -1.26. The number of carbonyl (C=O) groups excluding carboxylic acids is 2. The monoisotopic (exact) mass is 573 g/mol. The van der Waals surface area contributed by atoms with Crippen LogP contribution in [-0.2, 0) is 19.2 Å². The highest BCUT2D eigenvalue weighted by molar-refractivity contribution is 8.01. The van der Waals surface area contributed by atoms with Crippen molar-refractivity contribution in [2.75, 3.05) is 24.3 Å². The third-order valence-corrected chi connectivity index (χ3v) is 8.69. The molecule has 15 heteroatoms. The fourth-order valence-electron chi connectivity index (χ4n) is 4.01. The molecule has 1 saturated heterocycles. The van der Waals surface area contributed by atoms with Crippen LogP contribution in [0.3, 0.4) is 0 Å². The number of thioether (sulfide) groups is 2. The fraction of sp³-hybridized carbons (Fsp3) is 0.217. The molecule has 38 heavy (non-hydrogen) atoms. The van der Waals surface area contributed by atoms with E-state index in [1.54, 1.807) is 24.3 Å². The summed E-state index contributed by atoms with van der Waals surface area (Å²) in [6, 6.07) is 7.24. The van der Waals surface area contributed by atoms with E-state index in [0.717, 1.165) is 11.3 Å². The molecule has 0 radical (unpaired) electrons. The van der Waals surface area contributed by atoms with E-state index in [0.29, 0.717) is 27.4 Å². The molecule has 4 N–H and O–H groups in total. The van der Waals surface area contributed by atoms with Crippen LogP contribution in [0.25, 0.3) is 11.0 Å². The minimum Gasteiger partial charge on any atom is -0.477 e. The molecule has 2 amide bonds. The Hall–Kier alpha value is -3.82. The summed E-state index contributed by atoms with van der Waals surface area (Å²) in [6.07, 6.45) is 0. The summed E-state index contributed by atoms with van der Waals surface area (Å²) in [6.45, 7) is 0. The van der Waals surface area contributed by atoms with Gasteiger partial charge in [0.25, 0.3) is 11.8 Å². The Balaban J connectivity index is 1.32. The number of nitrogen functional groups attached to an aromatic ring is 1. The van der Waals surface area contributed by atoms with E-state index in [9.17, 15) is 24.3 Å². The van der Waals surface area contributed by atoms with E-state index in [2.05, 4.69) is 15.5 Å². The van der Waals surface area contributed by atoms with Gasteiger partial charge >= 0.3 is 5.97 Å². The second-order valence-corrected chi connectivity index (χ2v) is 11.0. The predicted molar refractivity (Wildman–Crippen MR) is 143 cm³/mol. The molecule has 1 fully saturated rings. The van der Waals surface area contributed by atoms with E-state index in [4.69, 9.17) is 15.0 Å². The molecule has 3 aromatic rings. The van der Waals surface area contributed by atoms with Gasteiger partial charge in [-0.05, 0) is 17.7 Å². The average molecular weight is 574 g/mol. The maximum atomic E-state index is 13.0. The third kappa shape index (κ3) is 4.75. The second kappa shape index (κ2) is 10.5. The van der Waals surface area contributed by atoms with Crippen LogP contribution < -0.4 is 16.5 Å². The predicted octanol–water partition coefficient (Wildman–Crippen LogP) is 1.71. The van der Waals surface area contributed by atoms with Crippen LogP contribution in [0.15, 0.2) is 66.4 Å². The van der Waals surface area contributed by atoms with E-state index in [1.165, 1.54) is 47.0 Å². The molecule has 2 aromatic heterocycles. The van der Waals surface area contributed by atoms with Gasteiger partial charge in [-0.2, -0.15) is 0 Å². The molecule has 2 atom stereocenters. The molecule has 1 aromatic carbocycles. The molecule has 4 heterocycles. The number of aromatic nitrogens is 1. The van der Waals surface area contributed by atoms with Crippen LogP contribution in [0.5, 0.6) is 0 Å². The Bertz CT molecular complexity index is 1580. The molecule has 0 saturated carbocycles. The van der Waals surface area contributed by atoms with Gasteiger partial charge in [0.2, 0.25) is 0 Å². The topological polar surface area (TPSA) is 177 Å². The average Bonchev–Trinajstić information content (AvgIpc) is 3.33. The lowest BCUT2D eigenvalue weighted by Crippen LogP contribution is -2.71. The maximum Gasteiger partial charge on any atom is 0.352 e. The lowest BCUT2D eigenvalue weighted by molar-refractivity contribution is -0.150. The zero-order valence-electron chi connectivity index (χ0n) is 19.6. The summed E-state index contributed by atoms with van der Waals surface area (Å²) in [5.74, 6) is -2.04. The quantitative estimate of drug-likeness (QED) is 0.155. The molecule has 12 nitrogen and oxygen atoms in total. The third-order valence-electron chi connectivity index (χ3n) is 5.70. The van der Waals surface area contributed by atoms with Crippen LogP contribution in [-0.4, -0.2) is 68.5 Å². The number of thiazole rings is 1. The molecule has 5 rings (SSSR count).